The molecule has 1 aliphatic heterocycles. The summed E-state index contributed by atoms with van der Waals surface area (Å²) in [6.07, 6.45) is 3.90. The summed E-state index contributed by atoms with van der Waals surface area (Å²) in [4.78, 5) is 16.3. The lowest BCUT2D eigenvalue weighted by Gasteiger charge is -2.20. The van der Waals surface area contributed by atoms with E-state index in [9.17, 15) is 4.79 Å². The Kier molecular flexibility index (Phi) is 4.77. The molecule has 2 heterocycles. The van der Waals surface area contributed by atoms with Gasteiger partial charge in [-0.15, -0.1) is 0 Å². The summed E-state index contributed by atoms with van der Waals surface area (Å²) in [5, 5.41) is 4.19. The van der Waals surface area contributed by atoms with Gasteiger partial charge in [0.05, 0.1) is 18.7 Å². The number of methoxy groups -OCH3 is 1. The molecule has 1 saturated heterocycles. The molecule has 0 radical (unpaired) electrons. The highest BCUT2D eigenvalue weighted by molar-refractivity contribution is 5.79. The average Bonchev–Trinajstić information content (AvgIpc) is 2.96. The van der Waals surface area contributed by atoms with Crippen molar-refractivity contribution < 1.29 is 9.53 Å². The number of likely N-dealkylation sites (tertiary alicyclic amines) is 1. The van der Waals surface area contributed by atoms with Crippen LogP contribution < -0.4 is 0 Å². The van der Waals surface area contributed by atoms with Crippen molar-refractivity contribution in [2.75, 3.05) is 40.9 Å². The number of rotatable bonds is 5. The number of nitrogens with zero attached hydrogens (tertiary/aromatic N) is 4. The van der Waals surface area contributed by atoms with Crippen LogP contribution in [0.2, 0.25) is 0 Å². The van der Waals surface area contributed by atoms with E-state index >= 15 is 0 Å². The van der Waals surface area contributed by atoms with Crippen molar-refractivity contribution in [3.63, 3.8) is 0 Å². The molecule has 1 aliphatic rings. The molecule has 1 aromatic rings. The molecule has 0 unspecified atom stereocenters. The molecule has 2 atom stereocenters. The number of amides is 1. The van der Waals surface area contributed by atoms with E-state index in [4.69, 9.17) is 4.74 Å². The number of carbonyl (C=O) groups is 1. The van der Waals surface area contributed by atoms with Crippen LogP contribution in [0.1, 0.15) is 5.56 Å². The zero-order chi connectivity index (χ0) is 14.7. The van der Waals surface area contributed by atoms with Crippen LogP contribution in [0.15, 0.2) is 12.4 Å². The molecule has 1 fully saturated rings. The third-order valence-electron chi connectivity index (χ3n) is 3.82. The predicted octanol–water partition coefficient (Wildman–Crippen LogP) is 0.203. The van der Waals surface area contributed by atoms with E-state index in [1.54, 1.807) is 16.7 Å². The summed E-state index contributed by atoms with van der Waals surface area (Å²) in [5.41, 5.74) is 1.18. The summed E-state index contributed by atoms with van der Waals surface area (Å²) in [6.45, 7) is 3.16. The largest absolute Gasteiger partial charge is 0.384 e. The lowest BCUT2D eigenvalue weighted by Crippen LogP contribution is -2.35. The van der Waals surface area contributed by atoms with Crippen molar-refractivity contribution in [1.82, 2.24) is 19.6 Å². The zero-order valence-electron chi connectivity index (χ0n) is 12.7. The zero-order valence-corrected chi connectivity index (χ0v) is 12.7. The van der Waals surface area contributed by atoms with Crippen molar-refractivity contribution >= 4 is 5.91 Å². The smallest absolute Gasteiger partial charge is 0.226 e. The summed E-state index contributed by atoms with van der Waals surface area (Å²) >= 11 is 0. The molecule has 0 N–H and O–H groups in total. The Morgan fingerprint density at radius 3 is 2.80 bits per heavy atom. The van der Waals surface area contributed by atoms with Gasteiger partial charge in [-0.1, -0.05) is 0 Å². The van der Waals surface area contributed by atoms with Crippen LogP contribution in [-0.4, -0.2) is 66.4 Å². The Hall–Kier alpha value is -1.40. The number of hydrogen-bond donors (Lipinski definition) is 0. The molecule has 2 rings (SSSR count). The maximum Gasteiger partial charge on any atom is 0.226 e. The van der Waals surface area contributed by atoms with E-state index in [1.165, 1.54) is 5.56 Å². The minimum atomic E-state index is 0.0293. The molecule has 20 heavy (non-hydrogen) atoms. The van der Waals surface area contributed by atoms with Gasteiger partial charge in [0.1, 0.15) is 0 Å². The first kappa shape index (κ1) is 15.0. The van der Waals surface area contributed by atoms with E-state index in [1.807, 2.05) is 33.5 Å². The quantitative estimate of drug-likeness (QED) is 0.773. The van der Waals surface area contributed by atoms with Gasteiger partial charge in [-0.3, -0.25) is 14.4 Å². The molecular formula is C14H24N4O2. The van der Waals surface area contributed by atoms with Crippen LogP contribution in [0, 0.1) is 11.8 Å². The van der Waals surface area contributed by atoms with Crippen molar-refractivity contribution in [3.8, 4) is 0 Å². The molecule has 112 valence electrons. The first-order valence-corrected chi connectivity index (χ1v) is 6.91. The minimum absolute atomic E-state index is 0.0293. The fraction of sp³-hybridized carbons (Fsp3) is 0.714. The van der Waals surface area contributed by atoms with Gasteiger partial charge in [0.25, 0.3) is 0 Å². The van der Waals surface area contributed by atoms with E-state index in [-0.39, 0.29) is 17.7 Å². The van der Waals surface area contributed by atoms with Crippen molar-refractivity contribution in [1.29, 1.82) is 0 Å². The molecule has 0 saturated carbocycles. The Bertz CT molecular complexity index is 458. The van der Waals surface area contributed by atoms with Gasteiger partial charge >= 0.3 is 0 Å². The first-order chi connectivity index (χ1) is 9.51. The van der Waals surface area contributed by atoms with Crippen molar-refractivity contribution in [2.24, 2.45) is 18.9 Å². The molecule has 0 bridgehead atoms. The van der Waals surface area contributed by atoms with Crippen molar-refractivity contribution in [3.05, 3.63) is 18.0 Å². The third-order valence-corrected chi connectivity index (χ3v) is 3.82. The topological polar surface area (TPSA) is 50.6 Å². The molecular weight excluding hydrogens is 256 g/mol. The second-order valence-corrected chi connectivity index (χ2v) is 5.77. The summed E-state index contributed by atoms with van der Waals surface area (Å²) in [7, 11) is 7.24. The van der Waals surface area contributed by atoms with E-state index in [0.29, 0.717) is 6.61 Å². The Labute approximate surface area is 120 Å². The molecule has 0 aliphatic carbocycles. The highest BCUT2D eigenvalue weighted by Gasteiger charge is 2.38. The third kappa shape index (κ3) is 3.37. The second kappa shape index (κ2) is 6.37. The van der Waals surface area contributed by atoms with Gasteiger partial charge in [0.15, 0.2) is 0 Å². The van der Waals surface area contributed by atoms with E-state index < -0.39 is 0 Å². The monoisotopic (exact) mass is 280 g/mol. The van der Waals surface area contributed by atoms with Crippen LogP contribution in [0.5, 0.6) is 0 Å². The van der Waals surface area contributed by atoms with Crippen LogP contribution in [0.3, 0.4) is 0 Å². The van der Waals surface area contributed by atoms with Gasteiger partial charge in [-0.25, -0.2) is 0 Å². The Morgan fingerprint density at radius 1 is 1.50 bits per heavy atom. The van der Waals surface area contributed by atoms with Gasteiger partial charge in [-0.2, -0.15) is 5.10 Å². The highest BCUT2D eigenvalue weighted by atomic mass is 16.5. The number of carbonyl (C=O) groups excluding carboxylic acids is 1. The van der Waals surface area contributed by atoms with E-state index in [2.05, 4.69) is 10.00 Å². The standard InChI is InChI=1S/C14H24N4O2/c1-16(2)14(19)13-9-18(8-12(13)10-20-4)7-11-5-15-17(3)6-11/h5-6,12-13H,7-10H2,1-4H3/t12-,13+/m0/s1. The van der Waals surface area contributed by atoms with Crippen LogP contribution >= 0.6 is 0 Å². The minimum Gasteiger partial charge on any atom is -0.384 e. The normalized spacial score (nSPS) is 23.2. The molecule has 6 heteroatoms. The molecule has 0 aromatic carbocycles. The van der Waals surface area contributed by atoms with Gasteiger partial charge in [0, 0.05) is 65.6 Å². The van der Waals surface area contributed by atoms with Crippen LogP contribution in [0.25, 0.3) is 0 Å². The average molecular weight is 280 g/mol. The first-order valence-electron chi connectivity index (χ1n) is 6.91. The van der Waals surface area contributed by atoms with Crippen molar-refractivity contribution in [2.45, 2.75) is 6.54 Å². The maximum atomic E-state index is 12.3. The number of hydrogen-bond acceptors (Lipinski definition) is 4. The van der Waals surface area contributed by atoms with Gasteiger partial charge in [-0.05, 0) is 0 Å². The SMILES string of the molecule is COC[C@@H]1CN(Cc2cnn(C)c2)C[C@H]1C(=O)N(C)C. The summed E-state index contributed by atoms with van der Waals surface area (Å²) < 4.78 is 7.08. The van der Waals surface area contributed by atoms with Gasteiger partial charge < -0.3 is 9.64 Å². The number of aryl methyl sites for hydroxylation is 1. The van der Waals surface area contributed by atoms with Crippen LogP contribution in [-0.2, 0) is 23.1 Å². The highest BCUT2D eigenvalue weighted by Crippen LogP contribution is 2.26. The fourth-order valence-electron chi connectivity index (χ4n) is 2.90. The number of ether oxygens (including phenoxy) is 1. The maximum absolute atomic E-state index is 12.3. The van der Waals surface area contributed by atoms with Crippen LogP contribution in [0.4, 0.5) is 0 Å². The van der Waals surface area contributed by atoms with Gasteiger partial charge in [0.2, 0.25) is 5.91 Å². The molecule has 1 amide bonds. The Balaban J connectivity index is 2.01. The molecule has 1 aromatic heterocycles. The lowest BCUT2D eigenvalue weighted by atomic mass is 9.96. The summed E-state index contributed by atoms with van der Waals surface area (Å²) in [6, 6.07) is 0. The molecule has 0 spiro atoms. The van der Waals surface area contributed by atoms with E-state index in [0.717, 1.165) is 19.6 Å². The fourth-order valence-corrected chi connectivity index (χ4v) is 2.90. The lowest BCUT2D eigenvalue weighted by molar-refractivity contribution is -0.134. The Morgan fingerprint density at radius 2 is 2.25 bits per heavy atom. The number of aromatic nitrogens is 2. The second-order valence-electron chi connectivity index (χ2n) is 5.77. The summed E-state index contributed by atoms with van der Waals surface area (Å²) in [5.74, 6) is 0.494. The molecule has 6 nitrogen and oxygen atoms in total. The predicted molar refractivity (Wildman–Crippen MR) is 76.0 cm³/mol.